The third kappa shape index (κ3) is 9.20. The lowest BCUT2D eigenvalue weighted by atomic mass is 10.1. The maximum atomic E-state index is 12.2. The number of hydrogen-bond donors (Lipinski definition) is 0. The Balaban J connectivity index is 1.82. The molecule has 0 radical (unpaired) electrons. The first kappa shape index (κ1) is 25.0. The standard InChI is InChI=1S/C27H40N2O2/c1-4-6-7-8-9-10-11-12-13-14-17-23-20-21-28-26(29-23)24-18-15-16-19-25(24)31-27(30)22(3)5-2/h15-16,18-22H,4-14,17H2,1-3H3. The molecule has 2 aromatic rings. The Morgan fingerprint density at radius 3 is 2.23 bits per heavy atom. The minimum Gasteiger partial charge on any atom is -0.426 e. The second-order valence-corrected chi connectivity index (χ2v) is 8.53. The number of esters is 1. The first-order chi connectivity index (χ1) is 15.2. The largest absolute Gasteiger partial charge is 0.426 e. The zero-order chi connectivity index (χ0) is 22.3. The molecule has 0 bridgehead atoms. The Morgan fingerprint density at radius 1 is 0.903 bits per heavy atom. The highest BCUT2D eigenvalue weighted by atomic mass is 16.5. The van der Waals surface area contributed by atoms with E-state index in [1.807, 2.05) is 44.2 Å². The molecule has 1 aromatic heterocycles. The van der Waals surface area contributed by atoms with Crippen LogP contribution in [0, 0.1) is 5.92 Å². The first-order valence-corrected chi connectivity index (χ1v) is 12.3. The number of carbonyl (C=O) groups excluding carboxylic acids is 1. The third-order valence-corrected chi connectivity index (χ3v) is 5.85. The number of ether oxygens (including phenoxy) is 1. The summed E-state index contributed by atoms with van der Waals surface area (Å²) in [5.74, 6) is 0.814. The molecule has 0 fully saturated rings. The number of rotatable bonds is 15. The van der Waals surface area contributed by atoms with Crippen molar-refractivity contribution in [3.63, 3.8) is 0 Å². The van der Waals surface area contributed by atoms with Crippen LogP contribution < -0.4 is 4.74 Å². The van der Waals surface area contributed by atoms with E-state index in [-0.39, 0.29) is 11.9 Å². The van der Waals surface area contributed by atoms with E-state index in [0.717, 1.165) is 30.5 Å². The van der Waals surface area contributed by atoms with E-state index < -0.39 is 0 Å². The van der Waals surface area contributed by atoms with Crippen molar-refractivity contribution in [1.29, 1.82) is 0 Å². The summed E-state index contributed by atoms with van der Waals surface area (Å²) in [6, 6.07) is 9.52. The number of hydrogen-bond acceptors (Lipinski definition) is 4. The molecule has 0 spiro atoms. The SMILES string of the molecule is CCCCCCCCCCCCc1ccnc(-c2ccccc2OC(=O)C(C)CC)n1. The van der Waals surface area contributed by atoms with E-state index in [2.05, 4.69) is 11.9 Å². The van der Waals surface area contributed by atoms with E-state index in [0.29, 0.717) is 11.6 Å². The van der Waals surface area contributed by atoms with Crippen LogP contribution in [-0.2, 0) is 11.2 Å². The van der Waals surface area contributed by atoms with Crippen molar-refractivity contribution in [1.82, 2.24) is 9.97 Å². The molecular weight excluding hydrogens is 384 g/mol. The van der Waals surface area contributed by atoms with E-state index in [1.165, 1.54) is 57.8 Å². The van der Waals surface area contributed by atoms with Crippen molar-refractivity contribution < 1.29 is 9.53 Å². The third-order valence-electron chi connectivity index (χ3n) is 5.85. The highest BCUT2D eigenvalue weighted by Crippen LogP contribution is 2.28. The van der Waals surface area contributed by atoms with Gasteiger partial charge >= 0.3 is 5.97 Å². The average molecular weight is 425 g/mol. The fourth-order valence-electron chi connectivity index (χ4n) is 3.57. The molecular formula is C27H40N2O2. The number of para-hydroxylation sites is 1. The minimum atomic E-state index is -0.212. The molecule has 0 aliphatic heterocycles. The molecule has 31 heavy (non-hydrogen) atoms. The molecule has 2 rings (SSSR count). The molecule has 0 N–H and O–H groups in total. The lowest BCUT2D eigenvalue weighted by molar-refractivity contribution is -0.138. The van der Waals surface area contributed by atoms with Crippen molar-refractivity contribution >= 4 is 5.97 Å². The van der Waals surface area contributed by atoms with Crippen LogP contribution in [0.2, 0.25) is 0 Å². The van der Waals surface area contributed by atoms with Gasteiger partial charge in [0.2, 0.25) is 0 Å². The maximum absolute atomic E-state index is 12.2. The predicted molar refractivity (Wildman–Crippen MR) is 128 cm³/mol. The molecule has 0 aliphatic rings. The summed E-state index contributed by atoms with van der Waals surface area (Å²) in [5.41, 5.74) is 1.82. The van der Waals surface area contributed by atoms with Crippen molar-refractivity contribution in [2.24, 2.45) is 5.92 Å². The highest BCUT2D eigenvalue weighted by Gasteiger charge is 2.17. The van der Waals surface area contributed by atoms with Gasteiger partial charge in [-0.25, -0.2) is 9.97 Å². The number of benzene rings is 1. The fourth-order valence-corrected chi connectivity index (χ4v) is 3.57. The number of aryl methyl sites for hydroxylation is 1. The Morgan fingerprint density at radius 2 is 1.55 bits per heavy atom. The zero-order valence-electron chi connectivity index (χ0n) is 19.7. The highest BCUT2D eigenvalue weighted by molar-refractivity contribution is 5.77. The summed E-state index contributed by atoms with van der Waals surface area (Å²) in [5, 5.41) is 0. The van der Waals surface area contributed by atoms with Gasteiger partial charge in [0.15, 0.2) is 5.82 Å². The van der Waals surface area contributed by atoms with Gasteiger partial charge in [0.05, 0.1) is 11.5 Å². The lowest BCUT2D eigenvalue weighted by Crippen LogP contribution is -2.17. The molecule has 1 heterocycles. The van der Waals surface area contributed by atoms with Gasteiger partial charge < -0.3 is 4.74 Å². The van der Waals surface area contributed by atoms with Crippen LogP contribution in [0.3, 0.4) is 0 Å². The number of unbranched alkanes of at least 4 members (excludes halogenated alkanes) is 9. The zero-order valence-corrected chi connectivity index (χ0v) is 19.7. The van der Waals surface area contributed by atoms with Crippen LogP contribution in [0.1, 0.15) is 97.1 Å². The lowest BCUT2D eigenvalue weighted by Gasteiger charge is -2.12. The van der Waals surface area contributed by atoms with Gasteiger partial charge in [0, 0.05) is 11.9 Å². The van der Waals surface area contributed by atoms with Crippen LogP contribution in [0.25, 0.3) is 11.4 Å². The molecule has 0 amide bonds. The van der Waals surface area contributed by atoms with Crippen molar-refractivity contribution in [2.45, 2.75) is 97.8 Å². The molecule has 170 valence electrons. The topological polar surface area (TPSA) is 52.1 Å². The number of aromatic nitrogens is 2. The van der Waals surface area contributed by atoms with Crippen LogP contribution in [0.15, 0.2) is 36.5 Å². The van der Waals surface area contributed by atoms with Crippen molar-refractivity contribution in [3.05, 3.63) is 42.2 Å². The van der Waals surface area contributed by atoms with E-state index in [1.54, 1.807) is 6.20 Å². The van der Waals surface area contributed by atoms with Gasteiger partial charge in [-0.2, -0.15) is 0 Å². The first-order valence-electron chi connectivity index (χ1n) is 12.3. The van der Waals surface area contributed by atoms with Crippen LogP contribution in [0.5, 0.6) is 5.75 Å². The Kier molecular flexibility index (Phi) is 11.9. The Labute approximate surface area is 188 Å². The minimum absolute atomic E-state index is 0.128. The molecule has 0 saturated heterocycles. The van der Waals surface area contributed by atoms with Gasteiger partial charge in [-0.15, -0.1) is 0 Å². The van der Waals surface area contributed by atoms with E-state index in [4.69, 9.17) is 9.72 Å². The van der Waals surface area contributed by atoms with Gasteiger partial charge in [-0.3, -0.25) is 4.79 Å². The van der Waals surface area contributed by atoms with E-state index in [9.17, 15) is 4.79 Å². The second kappa shape index (κ2) is 14.7. The molecule has 4 heteroatoms. The molecule has 1 aromatic carbocycles. The number of nitrogens with zero attached hydrogens (tertiary/aromatic N) is 2. The maximum Gasteiger partial charge on any atom is 0.314 e. The van der Waals surface area contributed by atoms with Crippen LogP contribution in [-0.4, -0.2) is 15.9 Å². The Bertz CT molecular complexity index is 775. The molecule has 1 unspecified atom stereocenters. The molecule has 0 saturated carbocycles. The summed E-state index contributed by atoms with van der Waals surface area (Å²) in [6.45, 7) is 6.13. The summed E-state index contributed by atoms with van der Waals surface area (Å²) in [6.07, 6.45) is 16.8. The van der Waals surface area contributed by atoms with Gasteiger partial charge in [-0.1, -0.05) is 90.7 Å². The van der Waals surface area contributed by atoms with Crippen LogP contribution >= 0.6 is 0 Å². The summed E-state index contributed by atoms with van der Waals surface area (Å²) < 4.78 is 5.64. The molecule has 0 aliphatic carbocycles. The summed E-state index contributed by atoms with van der Waals surface area (Å²) >= 11 is 0. The number of carbonyl (C=O) groups is 1. The van der Waals surface area contributed by atoms with Crippen molar-refractivity contribution in [2.75, 3.05) is 0 Å². The monoisotopic (exact) mass is 424 g/mol. The smallest absolute Gasteiger partial charge is 0.314 e. The average Bonchev–Trinajstić information content (AvgIpc) is 2.80. The summed E-state index contributed by atoms with van der Waals surface area (Å²) in [4.78, 5) is 21.4. The predicted octanol–water partition coefficient (Wildman–Crippen LogP) is 7.56. The second-order valence-electron chi connectivity index (χ2n) is 8.53. The van der Waals surface area contributed by atoms with Gasteiger partial charge in [0.1, 0.15) is 5.75 Å². The fraction of sp³-hybridized carbons (Fsp3) is 0.593. The van der Waals surface area contributed by atoms with Gasteiger partial charge in [-0.05, 0) is 37.5 Å². The molecule has 4 nitrogen and oxygen atoms in total. The Hall–Kier alpha value is -2.23. The quantitative estimate of drug-likeness (QED) is 0.168. The van der Waals surface area contributed by atoms with Crippen molar-refractivity contribution in [3.8, 4) is 17.1 Å². The van der Waals surface area contributed by atoms with Gasteiger partial charge in [0.25, 0.3) is 0 Å². The van der Waals surface area contributed by atoms with E-state index >= 15 is 0 Å². The molecule has 1 atom stereocenters. The van der Waals surface area contributed by atoms with Crippen LogP contribution in [0.4, 0.5) is 0 Å². The normalized spacial score (nSPS) is 12.0. The summed E-state index contributed by atoms with van der Waals surface area (Å²) in [7, 11) is 0.